The molecule has 0 bridgehead atoms. The van der Waals surface area contributed by atoms with Crippen LogP contribution in [0.3, 0.4) is 0 Å². The number of hydrogen-bond donors (Lipinski definition) is 2. The van der Waals surface area contributed by atoms with Gasteiger partial charge in [0.1, 0.15) is 0 Å². The van der Waals surface area contributed by atoms with Gasteiger partial charge in [-0.25, -0.2) is 0 Å². The second-order valence-electron chi connectivity index (χ2n) is 3.42. The largest absolute Gasteiger partial charge is 0.481 e. The minimum atomic E-state index is -0.959. The van der Waals surface area contributed by atoms with E-state index in [1.165, 1.54) is 0 Å². The van der Waals surface area contributed by atoms with Gasteiger partial charge < -0.3 is 10.2 Å². The average Bonchev–Trinajstić information content (AvgIpc) is 2.27. The second-order valence-corrected chi connectivity index (χ2v) is 3.42. The molecule has 0 spiro atoms. The summed E-state index contributed by atoms with van der Waals surface area (Å²) in [6, 6.07) is 5.26. The topological polar surface area (TPSA) is 81.3 Å². The van der Waals surface area contributed by atoms with Gasteiger partial charge in [0.05, 0.1) is 24.7 Å². The van der Waals surface area contributed by atoms with Gasteiger partial charge in [-0.1, -0.05) is 13.0 Å². The van der Waals surface area contributed by atoms with Crippen molar-refractivity contribution in [3.05, 3.63) is 34.4 Å². The van der Waals surface area contributed by atoms with E-state index in [4.69, 9.17) is 15.5 Å². The Kier molecular flexibility index (Phi) is 4.03. The molecule has 1 aromatic rings. The van der Waals surface area contributed by atoms with Crippen LogP contribution in [-0.4, -0.2) is 16.2 Å². The molecule has 0 aliphatic carbocycles. The summed E-state index contributed by atoms with van der Waals surface area (Å²) in [5.41, 5.74) is 2.35. The fourth-order valence-electron chi connectivity index (χ4n) is 1.77. The van der Waals surface area contributed by atoms with E-state index in [2.05, 4.69) is 0 Å². The first-order valence-electron chi connectivity index (χ1n) is 5.00. The molecule has 0 aliphatic heterocycles. The molecule has 16 heavy (non-hydrogen) atoms. The Balaban J connectivity index is 3.37. The summed E-state index contributed by atoms with van der Waals surface area (Å²) < 4.78 is 0. The summed E-state index contributed by atoms with van der Waals surface area (Å²) in [6.45, 7) is 1.66. The molecule has 0 saturated heterocycles. The van der Waals surface area contributed by atoms with Crippen molar-refractivity contribution in [3.8, 4) is 6.07 Å². The Bertz CT molecular complexity index is 446. The molecular weight excluding hydrogens is 206 g/mol. The summed E-state index contributed by atoms with van der Waals surface area (Å²) in [6.07, 6.45) is 0.425. The van der Waals surface area contributed by atoms with Crippen LogP contribution in [0.1, 0.15) is 29.2 Å². The average molecular weight is 219 g/mol. The predicted molar refractivity (Wildman–Crippen MR) is 57.8 cm³/mol. The zero-order valence-corrected chi connectivity index (χ0v) is 9.03. The molecule has 0 atom stereocenters. The van der Waals surface area contributed by atoms with Crippen LogP contribution in [0.15, 0.2) is 12.1 Å². The van der Waals surface area contributed by atoms with E-state index in [9.17, 15) is 4.79 Å². The minimum Gasteiger partial charge on any atom is -0.481 e. The van der Waals surface area contributed by atoms with Crippen LogP contribution in [0.5, 0.6) is 0 Å². The summed E-state index contributed by atoms with van der Waals surface area (Å²) >= 11 is 0. The van der Waals surface area contributed by atoms with Gasteiger partial charge in [0.15, 0.2) is 0 Å². The number of nitriles is 1. The van der Waals surface area contributed by atoms with Gasteiger partial charge in [-0.05, 0) is 29.2 Å². The maximum Gasteiger partial charge on any atom is 0.307 e. The van der Waals surface area contributed by atoms with Crippen molar-refractivity contribution >= 4 is 5.97 Å². The lowest BCUT2D eigenvalue weighted by Gasteiger charge is -2.12. The van der Waals surface area contributed by atoms with Gasteiger partial charge >= 0.3 is 5.97 Å². The Hall–Kier alpha value is -1.86. The van der Waals surface area contributed by atoms with E-state index in [0.29, 0.717) is 23.1 Å². The molecule has 4 heteroatoms. The van der Waals surface area contributed by atoms with E-state index < -0.39 is 5.97 Å². The van der Waals surface area contributed by atoms with Gasteiger partial charge in [-0.3, -0.25) is 4.79 Å². The third-order valence-corrected chi connectivity index (χ3v) is 2.50. The molecule has 0 amide bonds. The highest BCUT2D eigenvalue weighted by molar-refractivity contribution is 5.72. The number of carbonyl (C=O) groups is 1. The Morgan fingerprint density at radius 2 is 2.12 bits per heavy atom. The Morgan fingerprint density at radius 3 is 2.56 bits per heavy atom. The highest BCUT2D eigenvalue weighted by Gasteiger charge is 2.14. The number of benzene rings is 1. The van der Waals surface area contributed by atoms with Gasteiger partial charge in [0.2, 0.25) is 0 Å². The zero-order valence-electron chi connectivity index (χ0n) is 9.03. The maximum atomic E-state index is 10.7. The van der Waals surface area contributed by atoms with Crippen LogP contribution in [0.2, 0.25) is 0 Å². The zero-order chi connectivity index (χ0) is 12.1. The van der Waals surface area contributed by atoms with E-state index >= 15 is 0 Å². The lowest BCUT2D eigenvalue weighted by Crippen LogP contribution is -2.08. The maximum absolute atomic E-state index is 10.7. The van der Waals surface area contributed by atoms with Gasteiger partial charge in [-0.15, -0.1) is 0 Å². The standard InChI is InChI=1S/C12H13NO3/c1-2-10-8(6-13)3-4-9(7-14)11(10)5-12(15)16/h3-4,14H,2,5,7H2,1H3,(H,15,16). The first-order valence-corrected chi connectivity index (χ1v) is 5.00. The van der Waals surface area contributed by atoms with Crippen LogP contribution in [0, 0.1) is 11.3 Å². The number of aliphatic hydroxyl groups excluding tert-OH is 1. The molecule has 0 aromatic heterocycles. The number of aliphatic carboxylic acids is 1. The van der Waals surface area contributed by atoms with Crippen LogP contribution in [0.4, 0.5) is 0 Å². The number of nitrogens with zero attached hydrogens (tertiary/aromatic N) is 1. The van der Waals surface area contributed by atoms with Gasteiger partial charge in [0.25, 0.3) is 0 Å². The SMILES string of the molecule is CCc1c(C#N)ccc(CO)c1CC(=O)O. The monoisotopic (exact) mass is 219 g/mol. The summed E-state index contributed by atoms with van der Waals surface area (Å²) in [7, 11) is 0. The Morgan fingerprint density at radius 1 is 1.44 bits per heavy atom. The molecule has 1 aromatic carbocycles. The van der Waals surface area contributed by atoms with Crippen LogP contribution in [0.25, 0.3) is 0 Å². The molecule has 4 nitrogen and oxygen atoms in total. The minimum absolute atomic E-state index is 0.158. The number of hydrogen-bond acceptors (Lipinski definition) is 3. The molecule has 84 valence electrons. The first kappa shape index (κ1) is 12.2. The normalized spacial score (nSPS) is 9.81. The van der Waals surface area contributed by atoms with Crippen molar-refractivity contribution in [2.45, 2.75) is 26.4 Å². The summed E-state index contributed by atoms with van der Waals surface area (Å²) in [4.78, 5) is 10.7. The molecule has 0 fully saturated rings. The fourth-order valence-corrected chi connectivity index (χ4v) is 1.77. The highest BCUT2D eigenvalue weighted by atomic mass is 16.4. The lowest BCUT2D eigenvalue weighted by atomic mass is 9.93. The smallest absolute Gasteiger partial charge is 0.307 e. The van der Waals surface area contributed by atoms with Gasteiger partial charge in [0, 0.05) is 0 Å². The molecule has 0 heterocycles. The number of carboxylic acid groups (broad SMARTS) is 1. The Labute approximate surface area is 93.8 Å². The molecular formula is C12H13NO3. The molecule has 0 saturated carbocycles. The second kappa shape index (κ2) is 5.29. The number of aliphatic hydroxyl groups is 1. The van der Waals surface area contributed by atoms with Crippen molar-refractivity contribution in [3.63, 3.8) is 0 Å². The van der Waals surface area contributed by atoms with E-state index in [1.807, 2.05) is 13.0 Å². The van der Waals surface area contributed by atoms with E-state index in [0.717, 1.165) is 5.56 Å². The number of carboxylic acids is 1. The van der Waals surface area contributed by atoms with Crippen molar-refractivity contribution in [1.29, 1.82) is 5.26 Å². The van der Waals surface area contributed by atoms with Crippen molar-refractivity contribution < 1.29 is 15.0 Å². The van der Waals surface area contributed by atoms with Crippen molar-refractivity contribution in [1.82, 2.24) is 0 Å². The third-order valence-electron chi connectivity index (χ3n) is 2.50. The lowest BCUT2D eigenvalue weighted by molar-refractivity contribution is -0.136. The molecule has 0 radical (unpaired) electrons. The van der Waals surface area contributed by atoms with Crippen LogP contribution in [-0.2, 0) is 24.2 Å². The highest BCUT2D eigenvalue weighted by Crippen LogP contribution is 2.20. The molecule has 2 N–H and O–H groups in total. The van der Waals surface area contributed by atoms with Crippen molar-refractivity contribution in [2.75, 3.05) is 0 Å². The van der Waals surface area contributed by atoms with Crippen LogP contribution >= 0.6 is 0 Å². The van der Waals surface area contributed by atoms with Gasteiger partial charge in [-0.2, -0.15) is 5.26 Å². The predicted octanol–water partition coefficient (Wildman–Crippen LogP) is 1.24. The molecule has 0 unspecified atom stereocenters. The fraction of sp³-hybridized carbons (Fsp3) is 0.333. The molecule has 1 rings (SSSR count). The number of rotatable bonds is 4. The van der Waals surface area contributed by atoms with E-state index in [1.54, 1.807) is 12.1 Å². The summed E-state index contributed by atoms with van der Waals surface area (Å²) in [5.74, 6) is -0.959. The summed E-state index contributed by atoms with van der Waals surface area (Å²) in [5, 5.41) is 26.9. The van der Waals surface area contributed by atoms with E-state index in [-0.39, 0.29) is 13.0 Å². The van der Waals surface area contributed by atoms with Crippen molar-refractivity contribution in [2.24, 2.45) is 0 Å². The molecule has 0 aliphatic rings. The third kappa shape index (κ3) is 2.38. The van der Waals surface area contributed by atoms with Crippen LogP contribution < -0.4 is 0 Å². The first-order chi connectivity index (χ1) is 7.63. The quantitative estimate of drug-likeness (QED) is 0.798.